The Morgan fingerprint density at radius 2 is 2.26 bits per heavy atom. The van der Waals surface area contributed by atoms with E-state index in [1.807, 2.05) is 10.9 Å². The zero-order valence-electron chi connectivity index (χ0n) is 15.6. The number of aliphatic hydroxyl groups is 1. The standard InChI is InChI=1S/C19H26N4O4/c1-26-14-5-6-18(27-2)15(10-14)17(24)12-21-19(25)16-7-9-23(22-16)13-4-3-8-20-11-13/h5-7,9-10,13,17,20,24H,3-4,8,11-12H2,1-2H3,(H,21,25). The van der Waals surface area contributed by atoms with E-state index in [2.05, 4.69) is 15.7 Å². The minimum Gasteiger partial charge on any atom is -0.497 e. The molecule has 2 unspecified atom stereocenters. The molecule has 0 spiro atoms. The van der Waals surface area contributed by atoms with Crippen molar-refractivity contribution < 1.29 is 19.4 Å². The number of benzene rings is 1. The predicted octanol–water partition coefficient (Wildman–Crippen LogP) is 1.29. The predicted molar refractivity (Wildman–Crippen MR) is 100 cm³/mol. The van der Waals surface area contributed by atoms with Crippen LogP contribution in [0.5, 0.6) is 11.5 Å². The van der Waals surface area contributed by atoms with E-state index in [-0.39, 0.29) is 18.5 Å². The summed E-state index contributed by atoms with van der Waals surface area (Å²) in [6, 6.07) is 7.13. The molecule has 1 fully saturated rings. The number of nitrogens with one attached hydrogen (secondary N) is 2. The third-order valence-corrected chi connectivity index (χ3v) is 4.74. The maximum atomic E-state index is 12.4. The Hall–Kier alpha value is -2.58. The monoisotopic (exact) mass is 374 g/mol. The van der Waals surface area contributed by atoms with Crippen molar-refractivity contribution in [1.29, 1.82) is 0 Å². The highest BCUT2D eigenvalue weighted by Crippen LogP contribution is 2.29. The van der Waals surface area contributed by atoms with Crippen molar-refractivity contribution in [2.24, 2.45) is 0 Å². The molecule has 146 valence electrons. The van der Waals surface area contributed by atoms with Gasteiger partial charge in [-0.3, -0.25) is 9.48 Å². The first-order valence-corrected chi connectivity index (χ1v) is 9.06. The van der Waals surface area contributed by atoms with Crippen LogP contribution in [0.2, 0.25) is 0 Å². The maximum Gasteiger partial charge on any atom is 0.271 e. The number of aliphatic hydroxyl groups excluding tert-OH is 1. The van der Waals surface area contributed by atoms with Crippen LogP contribution < -0.4 is 20.1 Å². The molecule has 1 amide bonds. The number of piperidine rings is 1. The number of hydrogen-bond donors (Lipinski definition) is 3. The highest BCUT2D eigenvalue weighted by Gasteiger charge is 2.19. The van der Waals surface area contributed by atoms with E-state index in [1.54, 1.807) is 31.4 Å². The van der Waals surface area contributed by atoms with Gasteiger partial charge in [0, 0.05) is 24.8 Å². The van der Waals surface area contributed by atoms with Gasteiger partial charge in [-0.1, -0.05) is 0 Å². The zero-order valence-corrected chi connectivity index (χ0v) is 15.6. The molecule has 1 aliphatic heterocycles. The van der Waals surface area contributed by atoms with Crippen molar-refractivity contribution in [3.8, 4) is 11.5 Å². The van der Waals surface area contributed by atoms with Gasteiger partial charge in [0.2, 0.25) is 0 Å². The first-order chi connectivity index (χ1) is 13.1. The van der Waals surface area contributed by atoms with E-state index in [9.17, 15) is 9.90 Å². The number of methoxy groups -OCH3 is 2. The van der Waals surface area contributed by atoms with Gasteiger partial charge in [-0.2, -0.15) is 5.10 Å². The van der Waals surface area contributed by atoms with Crippen LogP contribution in [-0.4, -0.2) is 54.6 Å². The van der Waals surface area contributed by atoms with Crippen LogP contribution in [0, 0.1) is 0 Å². The average molecular weight is 374 g/mol. The highest BCUT2D eigenvalue weighted by atomic mass is 16.5. The number of ether oxygens (including phenoxy) is 2. The lowest BCUT2D eigenvalue weighted by molar-refractivity contribution is 0.0908. The largest absolute Gasteiger partial charge is 0.497 e. The number of nitrogens with zero attached hydrogens (tertiary/aromatic N) is 2. The third kappa shape index (κ3) is 4.58. The summed E-state index contributed by atoms with van der Waals surface area (Å²) < 4.78 is 12.3. The number of amides is 1. The molecule has 8 nitrogen and oxygen atoms in total. The van der Waals surface area contributed by atoms with E-state index >= 15 is 0 Å². The minimum absolute atomic E-state index is 0.0419. The van der Waals surface area contributed by atoms with Crippen LogP contribution in [0.25, 0.3) is 0 Å². The van der Waals surface area contributed by atoms with E-state index in [4.69, 9.17) is 9.47 Å². The van der Waals surface area contributed by atoms with Crippen LogP contribution in [0.1, 0.15) is 41.0 Å². The molecule has 27 heavy (non-hydrogen) atoms. The minimum atomic E-state index is -0.927. The molecule has 3 N–H and O–H groups in total. The lowest BCUT2D eigenvalue weighted by atomic mass is 10.1. The fourth-order valence-electron chi connectivity index (χ4n) is 3.21. The van der Waals surface area contributed by atoms with Crippen molar-refractivity contribution in [2.75, 3.05) is 33.9 Å². The molecule has 2 aromatic rings. The molecule has 1 saturated heterocycles. The average Bonchev–Trinajstić information content (AvgIpc) is 3.22. The number of rotatable bonds is 7. The molecule has 2 atom stereocenters. The SMILES string of the molecule is COc1ccc(OC)c(C(O)CNC(=O)c2ccn(C3CCCNC3)n2)c1. The van der Waals surface area contributed by atoms with Crippen LogP contribution >= 0.6 is 0 Å². The molecule has 0 radical (unpaired) electrons. The van der Waals surface area contributed by atoms with Crippen LogP contribution in [0.4, 0.5) is 0 Å². The Bertz CT molecular complexity index is 771. The van der Waals surface area contributed by atoms with Gasteiger partial charge in [0.15, 0.2) is 0 Å². The Morgan fingerprint density at radius 1 is 1.41 bits per heavy atom. The van der Waals surface area contributed by atoms with Crippen molar-refractivity contribution >= 4 is 5.91 Å². The summed E-state index contributed by atoms with van der Waals surface area (Å²) in [5, 5.41) is 20.9. The second-order valence-electron chi connectivity index (χ2n) is 6.51. The van der Waals surface area contributed by atoms with Gasteiger partial charge in [-0.05, 0) is 43.7 Å². The molecule has 2 heterocycles. The first-order valence-electron chi connectivity index (χ1n) is 9.06. The van der Waals surface area contributed by atoms with Gasteiger partial charge in [0.1, 0.15) is 23.3 Å². The summed E-state index contributed by atoms with van der Waals surface area (Å²) in [4.78, 5) is 12.4. The number of carbonyl (C=O) groups is 1. The molecule has 3 rings (SSSR count). The van der Waals surface area contributed by atoms with Gasteiger partial charge in [0.05, 0.1) is 20.3 Å². The van der Waals surface area contributed by atoms with Gasteiger partial charge >= 0.3 is 0 Å². The molecular weight excluding hydrogens is 348 g/mol. The third-order valence-electron chi connectivity index (χ3n) is 4.74. The van der Waals surface area contributed by atoms with Crippen LogP contribution in [0.15, 0.2) is 30.5 Å². The summed E-state index contributed by atoms with van der Waals surface area (Å²) in [6.07, 6.45) is 3.04. The summed E-state index contributed by atoms with van der Waals surface area (Å²) in [5.41, 5.74) is 0.890. The molecule has 8 heteroatoms. The normalized spacial score (nSPS) is 18.0. The highest BCUT2D eigenvalue weighted by molar-refractivity contribution is 5.92. The lowest BCUT2D eigenvalue weighted by Gasteiger charge is -2.22. The molecule has 0 bridgehead atoms. The quantitative estimate of drug-likeness (QED) is 0.676. The topological polar surface area (TPSA) is 97.6 Å². The molecular formula is C19H26N4O4. The number of hydrogen-bond acceptors (Lipinski definition) is 6. The Labute approximate surface area is 158 Å². The zero-order chi connectivity index (χ0) is 19.2. The summed E-state index contributed by atoms with van der Waals surface area (Å²) in [5.74, 6) is 0.820. The molecule has 1 aromatic heterocycles. The fraction of sp³-hybridized carbons (Fsp3) is 0.474. The Morgan fingerprint density at radius 3 is 2.96 bits per heavy atom. The number of carbonyl (C=O) groups excluding carboxylic acids is 1. The van der Waals surface area contributed by atoms with Crippen LogP contribution in [-0.2, 0) is 0 Å². The van der Waals surface area contributed by atoms with Gasteiger partial charge in [-0.25, -0.2) is 0 Å². The van der Waals surface area contributed by atoms with E-state index in [0.717, 1.165) is 25.9 Å². The van der Waals surface area contributed by atoms with Gasteiger partial charge in [0.25, 0.3) is 5.91 Å². The molecule has 1 aromatic carbocycles. The van der Waals surface area contributed by atoms with Crippen LogP contribution in [0.3, 0.4) is 0 Å². The van der Waals surface area contributed by atoms with Crippen molar-refractivity contribution in [3.63, 3.8) is 0 Å². The van der Waals surface area contributed by atoms with Gasteiger partial charge in [-0.15, -0.1) is 0 Å². The Balaban J connectivity index is 1.61. The molecule has 1 aliphatic rings. The van der Waals surface area contributed by atoms with E-state index in [0.29, 0.717) is 22.8 Å². The first kappa shape index (κ1) is 19.2. The second-order valence-corrected chi connectivity index (χ2v) is 6.51. The van der Waals surface area contributed by atoms with Crippen molar-refractivity contribution in [3.05, 3.63) is 41.7 Å². The van der Waals surface area contributed by atoms with E-state index in [1.165, 1.54) is 7.11 Å². The lowest BCUT2D eigenvalue weighted by Crippen LogP contribution is -2.32. The number of aromatic nitrogens is 2. The van der Waals surface area contributed by atoms with Crippen molar-refractivity contribution in [1.82, 2.24) is 20.4 Å². The molecule has 0 aliphatic carbocycles. The molecule has 0 saturated carbocycles. The summed E-state index contributed by atoms with van der Waals surface area (Å²) in [6.45, 7) is 1.92. The fourth-order valence-corrected chi connectivity index (χ4v) is 3.21. The summed E-state index contributed by atoms with van der Waals surface area (Å²) in [7, 11) is 3.08. The van der Waals surface area contributed by atoms with Crippen molar-refractivity contribution in [2.45, 2.75) is 25.0 Å². The smallest absolute Gasteiger partial charge is 0.271 e. The summed E-state index contributed by atoms with van der Waals surface area (Å²) >= 11 is 0. The van der Waals surface area contributed by atoms with Gasteiger partial charge < -0.3 is 25.2 Å². The van der Waals surface area contributed by atoms with E-state index < -0.39 is 6.10 Å². The maximum absolute atomic E-state index is 12.4. The second kappa shape index (κ2) is 8.88. The Kier molecular flexibility index (Phi) is 6.31.